The van der Waals surface area contributed by atoms with Crippen molar-refractivity contribution in [3.05, 3.63) is 59.7 Å². The Balaban J connectivity index is 1.38. The van der Waals surface area contributed by atoms with E-state index in [9.17, 15) is 19.5 Å². The van der Waals surface area contributed by atoms with E-state index in [2.05, 4.69) is 29.6 Å². The van der Waals surface area contributed by atoms with Crippen LogP contribution in [0.3, 0.4) is 0 Å². The molecule has 2 aromatic rings. The first-order chi connectivity index (χ1) is 16.8. The number of nitrogens with zero attached hydrogens (tertiary/aromatic N) is 1. The van der Waals surface area contributed by atoms with Gasteiger partial charge in [-0.15, -0.1) is 0 Å². The maximum atomic E-state index is 13.3. The van der Waals surface area contributed by atoms with Gasteiger partial charge in [-0.1, -0.05) is 68.8 Å². The maximum absolute atomic E-state index is 13.3. The first kappa shape index (κ1) is 24.8. The van der Waals surface area contributed by atoms with Crippen molar-refractivity contribution in [1.82, 2.24) is 10.2 Å². The third-order valence-corrected chi connectivity index (χ3v) is 7.07. The topological polar surface area (TPSA) is 95.9 Å². The second-order valence-electron chi connectivity index (χ2n) is 10.0. The first-order valence-corrected chi connectivity index (χ1v) is 12.4. The summed E-state index contributed by atoms with van der Waals surface area (Å²) < 4.78 is 5.62. The molecule has 7 heteroatoms. The number of amides is 2. The minimum absolute atomic E-state index is 0.0330. The first-order valence-electron chi connectivity index (χ1n) is 12.4. The summed E-state index contributed by atoms with van der Waals surface area (Å²) in [7, 11) is 0. The number of hydrogen-bond acceptors (Lipinski definition) is 4. The molecular formula is C28H34N2O5. The van der Waals surface area contributed by atoms with Crippen LogP contribution < -0.4 is 5.32 Å². The highest BCUT2D eigenvalue weighted by Gasteiger charge is 2.36. The van der Waals surface area contributed by atoms with Crippen LogP contribution in [-0.4, -0.2) is 54.2 Å². The molecule has 2 aliphatic carbocycles. The smallest absolute Gasteiger partial charge is 0.407 e. The van der Waals surface area contributed by atoms with Crippen molar-refractivity contribution < 1.29 is 24.2 Å². The molecule has 0 spiro atoms. The number of benzene rings is 2. The number of ether oxygens (including phenoxy) is 1. The number of rotatable bonds is 10. The summed E-state index contributed by atoms with van der Waals surface area (Å²) in [4.78, 5) is 38.7. The summed E-state index contributed by atoms with van der Waals surface area (Å²) >= 11 is 0. The molecule has 186 valence electrons. The van der Waals surface area contributed by atoms with Gasteiger partial charge < -0.3 is 20.1 Å². The van der Waals surface area contributed by atoms with Crippen molar-refractivity contribution in [2.45, 2.75) is 39.0 Å². The van der Waals surface area contributed by atoms with Crippen LogP contribution in [-0.2, 0) is 14.3 Å². The van der Waals surface area contributed by atoms with Crippen LogP contribution in [0.5, 0.6) is 0 Å². The zero-order valence-corrected chi connectivity index (χ0v) is 20.4. The van der Waals surface area contributed by atoms with E-state index in [4.69, 9.17) is 4.74 Å². The molecule has 0 bridgehead atoms. The third-order valence-electron chi connectivity index (χ3n) is 7.07. The van der Waals surface area contributed by atoms with Crippen LogP contribution in [0, 0.1) is 17.8 Å². The van der Waals surface area contributed by atoms with Gasteiger partial charge in [0.2, 0.25) is 5.91 Å². The van der Waals surface area contributed by atoms with Crippen LogP contribution in [0.15, 0.2) is 48.5 Å². The molecule has 0 aliphatic heterocycles. The fourth-order valence-corrected chi connectivity index (χ4v) is 5.21. The summed E-state index contributed by atoms with van der Waals surface area (Å²) in [6, 6.07) is 16.3. The van der Waals surface area contributed by atoms with Gasteiger partial charge in [0.1, 0.15) is 13.2 Å². The van der Waals surface area contributed by atoms with E-state index >= 15 is 0 Å². The van der Waals surface area contributed by atoms with Crippen molar-refractivity contribution in [2.75, 3.05) is 26.2 Å². The van der Waals surface area contributed by atoms with Gasteiger partial charge in [-0.3, -0.25) is 9.59 Å². The molecule has 7 nitrogen and oxygen atoms in total. The zero-order valence-electron chi connectivity index (χ0n) is 20.4. The van der Waals surface area contributed by atoms with Gasteiger partial charge in [0, 0.05) is 19.0 Å². The van der Waals surface area contributed by atoms with Crippen molar-refractivity contribution in [2.24, 2.45) is 17.8 Å². The van der Waals surface area contributed by atoms with Crippen molar-refractivity contribution in [1.29, 1.82) is 0 Å². The van der Waals surface area contributed by atoms with E-state index in [1.54, 1.807) is 0 Å². The highest BCUT2D eigenvalue weighted by molar-refractivity contribution is 5.84. The second kappa shape index (κ2) is 10.9. The van der Waals surface area contributed by atoms with Crippen molar-refractivity contribution in [3.8, 4) is 11.1 Å². The normalized spacial score (nSPS) is 15.6. The minimum atomic E-state index is -1.03. The van der Waals surface area contributed by atoms with Crippen LogP contribution in [0.4, 0.5) is 4.79 Å². The molecule has 1 fully saturated rings. The predicted octanol–water partition coefficient (Wildman–Crippen LogP) is 4.51. The Hall–Kier alpha value is -3.35. The molecule has 1 unspecified atom stereocenters. The fraction of sp³-hybridized carbons (Fsp3) is 0.464. The van der Waals surface area contributed by atoms with Gasteiger partial charge in [0.05, 0.1) is 5.92 Å². The lowest BCUT2D eigenvalue weighted by Crippen LogP contribution is -2.48. The Morgan fingerprint density at radius 2 is 1.63 bits per heavy atom. The lowest BCUT2D eigenvalue weighted by molar-refractivity contribution is -0.148. The molecule has 0 aromatic heterocycles. The molecule has 2 N–H and O–H groups in total. The van der Waals surface area contributed by atoms with Crippen LogP contribution in [0.2, 0.25) is 0 Å². The van der Waals surface area contributed by atoms with Crippen LogP contribution in [0.25, 0.3) is 11.1 Å². The Morgan fingerprint density at radius 3 is 2.14 bits per heavy atom. The molecule has 1 saturated carbocycles. The van der Waals surface area contributed by atoms with E-state index in [0.717, 1.165) is 41.5 Å². The largest absolute Gasteiger partial charge is 0.480 e. The minimum Gasteiger partial charge on any atom is -0.480 e. The van der Waals surface area contributed by atoms with Gasteiger partial charge in [0.25, 0.3) is 0 Å². The Bertz CT molecular complexity index is 1030. The fourth-order valence-electron chi connectivity index (χ4n) is 5.21. The monoisotopic (exact) mass is 478 g/mol. The molecule has 0 radical (unpaired) electrons. The molecular weight excluding hydrogens is 444 g/mol. The number of nitrogens with one attached hydrogen (secondary N) is 1. The average Bonchev–Trinajstić information content (AvgIpc) is 3.11. The van der Waals surface area contributed by atoms with E-state index in [-0.39, 0.29) is 43.4 Å². The number of hydrogen-bond donors (Lipinski definition) is 2. The number of carbonyl (C=O) groups excluding carboxylic acids is 2. The number of alkyl carbamates (subject to hydrolysis) is 1. The maximum Gasteiger partial charge on any atom is 0.407 e. The van der Waals surface area contributed by atoms with Crippen molar-refractivity contribution in [3.63, 3.8) is 0 Å². The third kappa shape index (κ3) is 5.66. The van der Waals surface area contributed by atoms with Gasteiger partial charge in [-0.2, -0.15) is 0 Å². The number of fused-ring (bicyclic) bond motifs is 3. The molecule has 2 amide bonds. The molecule has 2 aliphatic rings. The van der Waals surface area contributed by atoms with Gasteiger partial charge in [-0.25, -0.2) is 4.79 Å². The van der Waals surface area contributed by atoms with Crippen LogP contribution in [0.1, 0.15) is 50.2 Å². The molecule has 35 heavy (non-hydrogen) atoms. The zero-order chi connectivity index (χ0) is 24.9. The molecule has 1 atom stereocenters. The standard InChI is InChI=1S/C28H34N2O5/c1-18(2)15-30(16-26(31)32)27(33)24(19-8-7-9-19)14-29-28(34)35-17-25-22-12-5-3-10-20(22)21-11-4-6-13-23(21)25/h3-6,10-13,18-19,24-25H,7-9,14-17H2,1-2H3,(H,29,34)(H,31,32). The van der Waals surface area contributed by atoms with E-state index in [1.165, 1.54) is 4.90 Å². The van der Waals surface area contributed by atoms with Gasteiger partial charge in [0.15, 0.2) is 0 Å². The molecule has 2 aromatic carbocycles. The molecule has 0 heterocycles. The predicted molar refractivity (Wildman–Crippen MR) is 133 cm³/mol. The highest BCUT2D eigenvalue weighted by atomic mass is 16.5. The lowest BCUT2D eigenvalue weighted by Gasteiger charge is -2.36. The van der Waals surface area contributed by atoms with E-state index < -0.39 is 18.0 Å². The SMILES string of the molecule is CC(C)CN(CC(=O)O)C(=O)C(CNC(=O)OCC1c2ccccc2-c2ccccc21)C1CCC1. The summed E-state index contributed by atoms with van der Waals surface area (Å²) in [6.07, 6.45) is 2.30. The van der Waals surface area contributed by atoms with E-state index in [0.29, 0.717) is 6.54 Å². The summed E-state index contributed by atoms with van der Waals surface area (Å²) in [5.74, 6) is -1.41. The second-order valence-corrected chi connectivity index (χ2v) is 10.0. The summed E-state index contributed by atoms with van der Waals surface area (Å²) in [6.45, 7) is 4.31. The number of carboxylic acid groups (broad SMARTS) is 1. The van der Waals surface area contributed by atoms with E-state index in [1.807, 2.05) is 38.1 Å². The molecule has 4 rings (SSSR count). The molecule has 0 saturated heterocycles. The van der Waals surface area contributed by atoms with Gasteiger partial charge >= 0.3 is 12.1 Å². The number of carboxylic acids is 1. The van der Waals surface area contributed by atoms with Gasteiger partial charge in [-0.05, 0) is 46.9 Å². The number of carbonyl (C=O) groups is 3. The van der Waals surface area contributed by atoms with Crippen LogP contribution >= 0.6 is 0 Å². The Morgan fingerprint density at radius 1 is 1.03 bits per heavy atom. The lowest BCUT2D eigenvalue weighted by atomic mass is 9.75. The summed E-state index contributed by atoms with van der Waals surface area (Å²) in [5.41, 5.74) is 4.61. The highest BCUT2D eigenvalue weighted by Crippen LogP contribution is 2.44. The average molecular weight is 479 g/mol. The summed E-state index contributed by atoms with van der Waals surface area (Å²) in [5, 5.41) is 12.1. The van der Waals surface area contributed by atoms with Crippen molar-refractivity contribution >= 4 is 18.0 Å². The Labute approximate surface area is 206 Å². The quantitative estimate of drug-likeness (QED) is 0.524. The number of aliphatic carboxylic acids is 1. The Kier molecular flexibility index (Phi) is 7.73.